The first-order valence-corrected chi connectivity index (χ1v) is 4.18. The van der Waals surface area contributed by atoms with Crippen LogP contribution in [-0.4, -0.2) is 9.78 Å². The van der Waals surface area contributed by atoms with Crippen LogP contribution in [0.4, 0.5) is 13.2 Å². The zero-order valence-corrected chi connectivity index (χ0v) is 8.32. The van der Waals surface area contributed by atoms with E-state index in [0.29, 0.717) is 0 Å². The van der Waals surface area contributed by atoms with Gasteiger partial charge in [-0.3, -0.25) is 4.68 Å². The molecular weight excluding hydrogens is 217 g/mol. The number of nitrogens with zero attached hydrogens (tertiary/aromatic N) is 2. The Labute approximate surface area is 84.0 Å². The first-order chi connectivity index (χ1) is 6.38. The van der Waals surface area contributed by atoms with Crippen LogP contribution in [-0.2, 0) is 13.2 Å². The van der Waals surface area contributed by atoms with E-state index in [1.54, 1.807) is 6.92 Å². The largest absolute Gasteiger partial charge is 0.435 e. The van der Waals surface area contributed by atoms with E-state index in [0.717, 1.165) is 4.68 Å². The lowest BCUT2D eigenvalue weighted by atomic mass is 10.2. The average molecular weight is 225 g/mol. The summed E-state index contributed by atoms with van der Waals surface area (Å²) < 4.78 is 38.2. The first-order valence-electron chi connectivity index (χ1n) is 3.80. The van der Waals surface area contributed by atoms with Crippen LogP contribution in [0.25, 0.3) is 6.08 Å². The van der Waals surface area contributed by atoms with E-state index in [2.05, 4.69) is 5.10 Å². The van der Waals surface area contributed by atoms with Crippen molar-refractivity contribution in [2.75, 3.05) is 0 Å². The zero-order chi connectivity index (χ0) is 10.9. The lowest BCUT2D eigenvalue weighted by Crippen LogP contribution is -2.08. The van der Waals surface area contributed by atoms with E-state index < -0.39 is 11.9 Å². The van der Waals surface area contributed by atoms with Gasteiger partial charge >= 0.3 is 6.18 Å². The highest BCUT2D eigenvalue weighted by Gasteiger charge is 2.37. The highest BCUT2D eigenvalue weighted by Crippen LogP contribution is 2.34. The van der Waals surface area contributed by atoms with Crippen molar-refractivity contribution in [3.8, 4) is 0 Å². The van der Waals surface area contributed by atoms with Crippen molar-refractivity contribution in [2.24, 2.45) is 7.05 Å². The maximum absolute atomic E-state index is 12.4. The second-order valence-corrected chi connectivity index (χ2v) is 3.03. The Morgan fingerprint density at radius 1 is 1.43 bits per heavy atom. The van der Waals surface area contributed by atoms with E-state index >= 15 is 0 Å². The highest BCUT2D eigenvalue weighted by atomic mass is 35.5. The quantitative estimate of drug-likeness (QED) is 0.717. The Balaban J connectivity index is 3.37. The van der Waals surface area contributed by atoms with Gasteiger partial charge in [0.25, 0.3) is 0 Å². The number of alkyl halides is 3. The average Bonchev–Trinajstić information content (AvgIpc) is 2.32. The molecule has 1 aromatic rings. The first kappa shape index (κ1) is 11.1. The van der Waals surface area contributed by atoms with Crippen LogP contribution >= 0.6 is 11.6 Å². The second kappa shape index (κ2) is 3.65. The van der Waals surface area contributed by atoms with Gasteiger partial charge in [0.1, 0.15) is 5.15 Å². The van der Waals surface area contributed by atoms with Crippen molar-refractivity contribution in [2.45, 2.75) is 13.1 Å². The van der Waals surface area contributed by atoms with Gasteiger partial charge in [-0.05, 0) is 6.92 Å². The van der Waals surface area contributed by atoms with Crippen molar-refractivity contribution in [1.82, 2.24) is 9.78 Å². The predicted molar refractivity (Wildman–Crippen MR) is 47.9 cm³/mol. The third kappa shape index (κ3) is 1.92. The smallest absolute Gasteiger partial charge is 0.256 e. The summed E-state index contributed by atoms with van der Waals surface area (Å²) in [7, 11) is 1.37. The Morgan fingerprint density at radius 2 is 2.00 bits per heavy atom. The Bertz CT molecular complexity index is 365. The number of allylic oxidation sites excluding steroid dienone is 1. The van der Waals surface area contributed by atoms with E-state index in [4.69, 9.17) is 11.6 Å². The van der Waals surface area contributed by atoms with E-state index in [1.165, 1.54) is 19.2 Å². The lowest BCUT2D eigenvalue weighted by Gasteiger charge is -2.02. The minimum absolute atomic E-state index is 0.0181. The Hall–Kier alpha value is -0.970. The van der Waals surface area contributed by atoms with E-state index in [9.17, 15) is 13.2 Å². The summed E-state index contributed by atoms with van der Waals surface area (Å²) in [5, 5.41) is 3.29. The number of hydrogen-bond acceptors (Lipinski definition) is 1. The molecule has 0 saturated carbocycles. The number of aromatic nitrogens is 2. The predicted octanol–water partition coefficient (Wildman–Crippen LogP) is 3.13. The van der Waals surface area contributed by atoms with Crippen molar-refractivity contribution in [3.63, 3.8) is 0 Å². The van der Waals surface area contributed by atoms with Crippen molar-refractivity contribution in [1.29, 1.82) is 0 Å². The minimum atomic E-state index is -4.47. The van der Waals surface area contributed by atoms with Gasteiger partial charge < -0.3 is 0 Å². The third-order valence-electron chi connectivity index (χ3n) is 1.61. The monoisotopic (exact) mass is 224 g/mol. The molecule has 0 aliphatic rings. The van der Waals surface area contributed by atoms with Gasteiger partial charge in [-0.15, -0.1) is 0 Å². The topological polar surface area (TPSA) is 17.8 Å². The molecule has 0 aliphatic carbocycles. The molecular formula is C8H8ClF3N2. The maximum atomic E-state index is 12.4. The lowest BCUT2D eigenvalue weighted by molar-refractivity contribution is -0.141. The maximum Gasteiger partial charge on any atom is 0.435 e. The molecule has 0 fully saturated rings. The SMILES string of the molecule is C/C=C/c1c(C(F)(F)F)nn(C)c1Cl. The van der Waals surface area contributed by atoms with Crippen LogP contribution in [0.5, 0.6) is 0 Å². The number of rotatable bonds is 1. The summed E-state index contributed by atoms with van der Waals surface area (Å²) in [4.78, 5) is 0. The normalized spacial score (nSPS) is 12.7. The van der Waals surface area contributed by atoms with Crippen LogP contribution < -0.4 is 0 Å². The van der Waals surface area contributed by atoms with Gasteiger partial charge in [-0.1, -0.05) is 23.8 Å². The molecule has 78 valence electrons. The fraction of sp³-hybridized carbons (Fsp3) is 0.375. The van der Waals surface area contributed by atoms with Crippen LogP contribution in [0.15, 0.2) is 6.08 Å². The fourth-order valence-electron chi connectivity index (χ4n) is 1.04. The molecule has 0 atom stereocenters. The number of halogens is 4. The van der Waals surface area contributed by atoms with Gasteiger partial charge in [-0.2, -0.15) is 18.3 Å². The third-order valence-corrected chi connectivity index (χ3v) is 2.06. The summed E-state index contributed by atoms with van der Waals surface area (Å²) in [6, 6.07) is 0. The highest BCUT2D eigenvalue weighted by molar-refractivity contribution is 6.31. The number of hydrogen-bond donors (Lipinski definition) is 0. The summed E-state index contributed by atoms with van der Waals surface area (Å²) in [6.07, 6.45) is -1.70. The Morgan fingerprint density at radius 3 is 2.43 bits per heavy atom. The fourth-order valence-corrected chi connectivity index (χ4v) is 1.23. The molecule has 0 unspecified atom stereocenters. The molecule has 0 N–H and O–H groups in total. The van der Waals surface area contributed by atoms with Gasteiger partial charge in [-0.25, -0.2) is 0 Å². The molecule has 0 spiro atoms. The summed E-state index contributed by atoms with van der Waals surface area (Å²) in [5.41, 5.74) is -1.05. The van der Waals surface area contributed by atoms with Crippen LogP contribution in [0, 0.1) is 0 Å². The van der Waals surface area contributed by atoms with Gasteiger partial charge in [0.2, 0.25) is 0 Å². The number of aryl methyl sites for hydroxylation is 1. The summed E-state index contributed by atoms with van der Waals surface area (Å²) in [6.45, 7) is 1.61. The zero-order valence-electron chi connectivity index (χ0n) is 7.56. The minimum Gasteiger partial charge on any atom is -0.256 e. The van der Waals surface area contributed by atoms with E-state index in [1.807, 2.05) is 0 Å². The van der Waals surface area contributed by atoms with Gasteiger partial charge in [0, 0.05) is 12.6 Å². The molecule has 1 rings (SSSR count). The van der Waals surface area contributed by atoms with Crippen molar-refractivity contribution >= 4 is 17.7 Å². The molecule has 0 saturated heterocycles. The molecule has 1 aromatic heterocycles. The summed E-state index contributed by atoms with van der Waals surface area (Å²) in [5.74, 6) is 0. The second-order valence-electron chi connectivity index (χ2n) is 2.67. The van der Waals surface area contributed by atoms with Gasteiger partial charge in [0.15, 0.2) is 5.69 Å². The summed E-state index contributed by atoms with van der Waals surface area (Å²) >= 11 is 5.65. The molecule has 0 aliphatic heterocycles. The van der Waals surface area contributed by atoms with Crippen LogP contribution in [0.3, 0.4) is 0 Å². The molecule has 0 bridgehead atoms. The molecule has 6 heteroatoms. The van der Waals surface area contributed by atoms with Crippen molar-refractivity contribution < 1.29 is 13.2 Å². The van der Waals surface area contributed by atoms with Crippen LogP contribution in [0.2, 0.25) is 5.15 Å². The molecule has 0 amide bonds. The standard InChI is InChI=1S/C8H8ClF3N2/c1-3-4-5-6(8(10,11)12)13-14(2)7(5)9/h3-4H,1-2H3/b4-3+. The molecule has 14 heavy (non-hydrogen) atoms. The Kier molecular flexibility index (Phi) is 2.89. The van der Waals surface area contributed by atoms with Crippen molar-refractivity contribution in [3.05, 3.63) is 22.5 Å². The molecule has 2 nitrogen and oxygen atoms in total. The molecule has 0 aromatic carbocycles. The van der Waals surface area contributed by atoms with Crippen LogP contribution in [0.1, 0.15) is 18.2 Å². The molecule has 0 radical (unpaired) electrons. The van der Waals surface area contributed by atoms with E-state index in [-0.39, 0.29) is 10.7 Å². The van der Waals surface area contributed by atoms with Gasteiger partial charge in [0.05, 0.1) is 0 Å². The molecule has 1 heterocycles.